The lowest BCUT2D eigenvalue weighted by Crippen LogP contribution is -2.41. The number of piperidine rings is 1. The number of nitrogens with one attached hydrogen (secondary N) is 1. The Morgan fingerprint density at radius 1 is 1.53 bits per heavy atom. The maximum Gasteiger partial charge on any atom is 0.407 e. The maximum absolute atomic E-state index is 10.9. The Morgan fingerprint density at radius 2 is 2.21 bits per heavy atom. The molecular weight excluding hydrogens is 270 g/mol. The van der Waals surface area contributed by atoms with E-state index in [4.69, 9.17) is 16.7 Å². The Bertz CT molecular complexity index is 487. The summed E-state index contributed by atoms with van der Waals surface area (Å²) < 4.78 is 0. The molecule has 2 heterocycles. The molecule has 0 saturated carbocycles. The first kappa shape index (κ1) is 13.6. The molecule has 2 rings (SSSR count). The highest BCUT2D eigenvalue weighted by atomic mass is 35.5. The summed E-state index contributed by atoms with van der Waals surface area (Å²) >= 11 is 5.80. The molecule has 0 atom stereocenters. The Kier molecular flexibility index (Phi) is 4.21. The number of nitrogens with zero attached hydrogens (tertiary/aromatic N) is 2. The molecule has 7 heteroatoms. The minimum Gasteiger partial charge on any atom is -0.465 e. The first-order chi connectivity index (χ1) is 9.10. The zero-order valence-corrected chi connectivity index (χ0v) is 10.9. The number of carbonyl (C=O) groups is 2. The van der Waals surface area contributed by atoms with Gasteiger partial charge in [0.25, 0.3) is 0 Å². The molecule has 1 aromatic heterocycles. The summed E-state index contributed by atoms with van der Waals surface area (Å²) in [4.78, 5) is 26.9. The summed E-state index contributed by atoms with van der Waals surface area (Å²) in [5.74, 6) is 0. The molecular formula is C12H14ClN3O3. The number of aldehydes is 1. The second-order valence-corrected chi connectivity index (χ2v) is 4.79. The number of amides is 1. The van der Waals surface area contributed by atoms with Gasteiger partial charge in [0.05, 0.1) is 5.56 Å². The topological polar surface area (TPSA) is 82.5 Å². The van der Waals surface area contributed by atoms with Crippen molar-refractivity contribution in [2.24, 2.45) is 0 Å². The molecule has 102 valence electrons. The van der Waals surface area contributed by atoms with E-state index < -0.39 is 6.09 Å². The number of carboxylic acid groups (broad SMARTS) is 1. The van der Waals surface area contributed by atoms with Crippen LogP contribution in [0.5, 0.6) is 0 Å². The third kappa shape index (κ3) is 3.35. The minimum atomic E-state index is -0.890. The van der Waals surface area contributed by atoms with Crippen molar-refractivity contribution in [3.05, 3.63) is 23.0 Å². The van der Waals surface area contributed by atoms with E-state index in [0.717, 1.165) is 6.29 Å². The van der Waals surface area contributed by atoms with Gasteiger partial charge in [-0.2, -0.15) is 0 Å². The number of anilines is 1. The van der Waals surface area contributed by atoms with Crippen LogP contribution in [0.4, 0.5) is 10.5 Å². The van der Waals surface area contributed by atoms with E-state index in [-0.39, 0.29) is 6.04 Å². The van der Waals surface area contributed by atoms with Crippen LogP contribution >= 0.6 is 11.6 Å². The number of hydrogen-bond donors (Lipinski definition) is 2. The molecule has 1 aromatic rings. The number of rotatable bonds is 3. The van der Waals surface area contributed by atoms with Gasteiger partial charge in [-0.25, -0.2) is 9.78 Å². The summed E-state index contributed by atoms with van der Waals surface area (Å²) in [6, 6.07) is 1.74. The van der Waals surface area contributed by atoms with Crippen molar-refractivity contribution < 1.29 is 14.7 Å². The predicted molar refractivity (Wildman–Crippen MR) is 70.9 cm³/mol. The van der Waals surface area contributed by atoms with Gasteiger partial charge in [0.15, 0.2) is 6.29 Å². The van der Waals surface area contributed by atoms with Crippen LogP contribution in [-0.2, 0) is 0 Å². The van der Waals surface area contributed by atoms with Crippen LogP contribution in [0.1, 0.15) is 23.2 Å². The van der Waals surface area contributed by atoms with Crippen molar-refractivity contribution in [1.82, 2.24) is 9.88 Å². The summed E-state index contributed by atoms with van der Waals surface area (Å²) in [6.45, 7) is 0.977. The lowest BCUT2D eigenvalue weighted by Gasteiger charge is -2.31. The van der Waals surface area contributed by atoms with Crippen molar-refractivity contribution in [3.63, 3.8) is 0 Å². The quantitative estimate of drug-likeness (QED) is 0.656. The molecule has 1 aliphatic heterocycles. The number of aromatic nitrogens is 1. The maximum atomic E-state index is 10.9. The average Bonchev–Trinajstić information content (AvgIpc) is 2.39. The molecule has 0 aromatic carbocycles. The highest BCUT2D eigenvalue weighted by molar-refractivity contribution is 6.29. The molecule has 0 unspecified atom stereocenters. The summed E-state index contributed by atoms with van der Waals surface area (Å²) in [5.41, 5.74) is 1.09. The number of likely N-dealkylation sites (tertiary alicyclic amines) is 1. The lowest BCUT2D eigenvalue weighted by atomic mass is 10.0. The van der Waals surface area contributed by atoms with Crippen molar-refractivity contribution in [2.45, 2.75) is 18.9 Å². The van der Waals surface area contributed by atoms with Crippen molar-refractivity contribution >= 4 is 29.7 Å². The fourth-order valence-electron chi connectivity index (χ4n) is 2.09. The smallest absolute Gasteiger partial charge is 0.407 e. The molecule has 0 bridgehead atoms. The zero-order chi connectivity index (χ0) is 13.8. The van der Waals surface area contributed by atoms with Gasteiger partial charge in [-0.15, -0.1) is 0 Å². The van der Waals surface area contributed by atoms with Crippen LogP contribution in [0.2, 0.25) is 5.15 Å². The van der Waals surface area contributed by atoms with E-state index in [9.17, 15) is 9.59 Å². The van der Waals surface area contributed by atoms with E-state index in [1.54, 1.807) is 6.07 Å². The Labute approximate surface area is 115 Å². The molecule has 19 heavy (non-hydrogen) atoms. The molecule has 1 aliphatic rings. The van der Waals surface area contributed by atoms with Crippen molar-refractivity contribution in [1.29, 1.82) is 0 Å². The van der Waals surface area contributed by atoms with Gasteiger partial charge >= 0.3 is 6.09 Å². The van der Waals surface area contributed by atoms with Crippen LogP contribution in [-0.4, -0.2) is 46.5 Å². The van der Waals surface area contributed by atoms with Gasteiger partial charge in [0.1, 0.15) is 5.15 Å². The number of halogens is 1. The fraction of sp³-hybridized carbons (Fsp3) is 0.417. The molecule has 1 amide bonds. The highest BCUT2D eigenvalue weighted by Gasteiger charge is 2.22. The molecule has 0 spiro atoms. The van der Waals surface area contributed by atoms with Gasteiger partial charge in [-0.1, -0.05) is 11.6 Å². The van der Waals surface area contributed by atoms with Gasteiger partial charge in [0, 0.05) is 31.0 Å². The van der Waals surface area contributed by atoms with E-state index in [2.05, 4.69) is 10.3 Å². The molecule has 0 radical (unpaired) electrons. The van der Waals surface area contributed by atoms with Gasteiger partial charge in [-0.05, 0) is 18.9 Å². The lowest BCUT2D eigenvalue weighted by molar-refractivity contribution is 0.112. The van der Waals surface area contributed by atoms with Gasteiger partial charge in [0.2, 0.25) is 0 Å². The second-order valence-electron chi connectivity index (χ2n) is 4.40. The third-order valence-corrected chi connectivity index (χ3v) is 3.36. The van der Waals surface area contributed by atoms with Crippen LogP contribution < -0.4 is 5.32 Å². The van der Waals surface area contributed by atoms with Crippen LogP contribution in [0, 0.1) is 0 Å². The Morgan fingerprint density at radius 3 is 2.79 bits per heavy atom. The molecule has 1 saturated heterocycles. The SMILES string of the molecule is O=Cc1cnc(Cl)cc1NC1CCN(C(=O)O)CC1. The monoisotopic (exact) mass is 283 g/mol. The number of carbonyl (C=O) groups excluding carboxylic acids is 1. The van der Waals surface area contributed by atoms with Crippen molar-refractivity contribution in [3.8, 4) is 0 Å². The summed E-state index contributed by atoms with van der Waals surface area (Å²) in [5, 5.41) is 12.4. The van der Waals surface area contributed by atoms with Crippen LogP contribution in [0.3, 0.4) is 0 Å². The Hall–Kier alpha value is -1.82. The van der Waals surface area contributed by atoms with E-state index in [1.807, 2.05) is 0 Å². The third-order valence-electron chi connectivity index (χ3n) is 3.15. The first-order valence-corrected chi connectivity index (χ1v) is 6.33. The fourth-order valence-corrected chi connectivity index (χ4v) is 2.25. The van der Waals surface area contributed by atoms with E-state index >= 15 is 0 Å². The van der Waals surface area contributed by atoms with Crippen molar-refractivity contribution in [2.75, 3.05) is 18.4 Å². The second kappa shape index (κ2) is 5.88. The Balaban J connectivity index is 2.01. The van der Waals surface area contributed by atoms with E-state index in [0.29, 0.717) is 42.3 Å². The normalized spacial score (nSPS) is 16.2. The number of hydrogen-bond acceptors (Lipinski definition) is 4. The summed E-state index contributed by atoms with van der Waals surface area (Å²) in [7, 11) is 0. The standard InChI is InChI=1S/C12H14ClN3O3/c13-11-5-10(8(7-17)6-14-11)15-9-1-3-16(4-2-9)12(18)19/h5-7,9H,1-4H2,(H,14,15)(H,18,19). The van der Waals surface area contributed by atoms with Crippen LogP contribution in [0.25, 0.3) is 0 Å². The van der Waals surface area contributed by atoms with Crippen LogP contribution in [0.15, 0.2) is 12.3 Å². The molecule has 6 nitrogen and oxygen atoms in total. The molecule has 1 fully saturated rings. The minimum absolute atomic E-state index is 0.132. The molecule has 0 aliphatic carbocycles. The van der Waals surface area contributed by atoms with Gasteiger partial charge < -0.3 is 15.3 Å². The van der Waals surface area contributed by atoms with Gasteiger partial charge in [-0.3, -0.25) is 4.79 Å². The van der Waals surface area contributed by atoms with E-state index in [1.165, 1.54) is 11.1 Å². The first-order valence-electron chi connectivity index (χ1n) is 5.95. The zero-order valence-electron chi connectivity index (χ0n) is 10.2. The molecule has 2 N–H and O–H groups in total. The highest BCUT2D eigenvalue weighted by Crippen LogP contribution is 2.21. The summed E-state index contributed by atoms with van der Waals surface area (Å²) in [6.07, 6.45) is 2.65. The number of pyridine rings is 1. The predicted octanol–water partition coefficient (Wildman–Crippen LogP) is 2.10. The average molecular weight is 284 g/mol. The largest absolute Gasteiger partial charge is 0.465 e.